The molecule has 0 fully saturated rings. The molecule has 0 aliphatic heterocycles. The smallest absolute Gasteiger partial charge is 0.259 e. The van der Waals surface area contributed by atoms with Gasteiger partial charge in [-0.25, -0.2) is 4.68 Å². The summed E-state index contributed by atoms with van der Waals surface area (Å²) in [5, 5.41) is 16.9. The number of halogens is 1. The van der Waals surface area contributed by atoms with E-state index in [1.54, 1.807) is 23.0 Å². The van der Waals surface area contributed by atoms with Gasteiger partial charge in [0.05, 0.1) is 11.3 Å². The number of carbonyl (C=O) groups is 1. The van der Waals surface area contributed by atoms with Crippen LogP contribution in [0, 0.1) is 0 Å². The molecule has 1 heterocycles. The van der Waals surface area contributed by atoms with Crippen LogP contribution in [0.2, 0.25) is 0 Å². The SMILES string of the molecule is O=C(Nc1ccc(O)cc1)c1cn(-c2ccccc2)nc1-c1ccc(Br)cc1. The highest BCUT2D eigenvalue weighted by Gasteiger charge is 2.19. The van der Waals surface area contributed by atoms with E-state index in [9.17, 15) is 9.90 Å². The maximum atomic E-state index is 13.0. The van der Waals surface area contributed by atoms with Gasteiger partial charge >= 0.3 is 0 Å². The van der Waals surface area contributed by atoms with Crippen LogP contribution in [0.4, 0.5) is 5.69 Å². The molecule has 0 atom stereocenters. The summed E-state index contributed by atoms with van der Waals surface area (Å²) < 4.78 is 2.65. The van der Waals surface area contributed by atoms with Crippen molar-refractivity contribution < 1.29 is 9.90 Å². The number of rotatable bonds is 4. The van der Waals surface area contributed by atoms with Gasteiger partial charge in [0.2, 0.25) is 0 Å². The number of para-hydroxylation sites is 1. The summed E-state index contributed by atoms with van der Waals surface area (Å²) in [5.74, 6) is -0.128. The number of benzene rings is 3. The molecule has 2 N–H and O–H groups in total. The van der Waals surface area contributed by atoms with Gasteiger partial charge < -0.3 is 10.4 Å². The Labute approximate surface area is 170 Å². The van der Waals surface area contributed by atoms with Gasteiger partial charge in [-0.1, -0.05) is 46.3 Å². The standard InChI is InChI=1S/C22H16BrN3O2/c23-16-8-6-15(7-9-16)21-20(14-26(25-21)18-4-2-1-3-5-18)22(28)24-17-10-12-19(27)13-11-17/h1-14,27H,(H,24,28). The summed E-state index contributed by atoms with van der Waals surface area (Å²) >= 11 is 3.43. The van der Waals surface area contributed by atoms with Crippen molar-refractivity contribution in [1.29, 1.82) is 0 Å². The third-order valence-corrected chi connectivity index (χ3v) is 4.75. The van der Waals surface area contributed by atoms with Gasteiger partial charge in [-0.15, -0.1) is 0 Å². The molecule has 0 aliphatic rings. The first kappa shape index (κ1) is 18.0. The lowest BCUT2D eigenvalue weighted by molar-refractivity contribution is 0.102. The average Bonchev–Trinajstić information content (AvgIpc) is 3.17. The van der Waals surface area contributed by atoms with E-state index < -0.39 is 0 Å². The molecule has 0 unspecified atom stereocenters. The Morgan fingerprint density at radius 1 is 0.929 bits per heavy atom. The number of anilines is 1. The quantitative estimate of drug-likeness (QED) is 0.431. The number of hydrogen-bond donors (Lipinski definition) is 2. The highest BCUT2D eigenvalue weighted by molar-refractivity contribution is 9.10. The minimum atomic E-state index is -0.272. The minimum Gasteiger partial charge on any atom is -0.508 e. The maximum absolute atomic E-state index is 13.0. The predicted molar refractivity (Wildman–Crippen MR) is 113 cm³/mol. The zero-order valence-electron chi connectivity index (χ0n) is 14.7. The van der Waals surface area contributed by atoms with Crippen LogP contribution < -0.4 is 5.32 Å². The molecule has 0 bridgehead atoms. The van der Waals surface area contributed by atoms with Crippen LogP contribution in [0.3, 0.4) is 0 Å². The number of aromatic hydroxyl groups is 1. The van der Waals surface area contributed by atoms with E-state index in [-0.39, 0.29) is 11.7 Å². The molecule has 6 heteroatoms. The molecule has 0 saturated carbocycles. The summed E-state index contributed by atoms with van der Waals surface area (Å²) in [6, 6.07) is 23.6. The molecule has 0 radical (unpaired) electrons. The Morgan fingerprint density at radius 2 is 1.61 bits per heavy atom. The molecule has 1 aromatic heterocycles. The van der Waals surface area contributed by atoms with E-state index >= 15 is 0 Å². The average molecular weight is 434 g/mol. The van der Waals surface area contributed by atoms with E-state index in [2.05, 4.69) is 26.3 Å². The fourth-order valence-corrected chi connectivity index (χ4v) is 3.08. The Bertz CT molecular complexity index is 1100. The second kappa shape index (κ2) is 7.70. The third-order valence-electron chi connectivity index (χ3n) is 4.22. The van der Waals surface area contributed by atoms with Crippen molar-refractivity contribution in [3.63, 3.8) is 0 Å². The number of hydrogen-bond acceptors (Lipinski definition) is 3. The van der Waals surface area contributed by atoms with Gasteiger partial charge in [0.1, 0.15) is 11.4 Å². The van der Waals surface area contributed by atoms with Gasteiger partial charge in [-0.05, 0) is 48.5 Å². The van der Waals surface area contributed by atoms with Crippen molar-refractivity contribution in [1.82, 2.24) is 9.78 Å². The summed E-state index contributed by atoms with van der Waals surface area (Å²) in [4.78, 5) is 13.0. The van der Waals surface area contributed by atoms with Gasteiger partial charge in [0, 0.05) is 21.9 Å². The second-order valence-electron chi connectivity index (χ2n) is 6.18. The summed E-state index contributed by atoms with van der Waals surface area (Å²) in [6.07, 6.45) is 1.72. The molecule has 4 aromatic rings. The fraction of sp³-hybridized carbons (Fsp3) is 0. The van der Waals surface area contributed by atoms with E-state index in [1.165, 1.54) is 12.1 Å². The summed E-state index contributed by atoms with van der Waals surface area (Å²) in [5.41, 5.74) is 3.35. The topological polar surface area (TPSA) is 67.2 Å². The summed E-state index contributed by atoms with van der Waals surface area (Å²) in [7, 11) is 0. The van der Waals surface area contributed by atoms with Crippen LogP contribution in [0.25, 0.3) is 16.9 Å². The van der Waals surface area contributed by atoms with Gasteiger partial charge in [0.25, 0.3) is 5.91 Å². The van der Waals surface area contributed by atoms with Crippen LogP contribution >= 0.6 is 15.9 Å². The first-order valence-corrected chi connectivity index (χ1v) is 9.41. The van der Waals surface area contributed by atoms with Crippen molar-refractivity contribution >= 4 is 27.5 Å². The van der Waals surface area contributed by atoms with Crippen LogP contribution in [0.5, 0.6) is 5.75 Å². The molecule has 3 aromatic carbocycles. The normalized spacial score (nSPS) is 10.6. The molecule has 138 valence electrons. The largest absolute Gasteiger partial charge is 0.508 e. The molecule has 1 amide bonds. The zero-order chi connectivity index (χ0) is 19.5. The number of nitrogens with zero attached hydrogens (tertiary/aromatic N) is 2. The van der Waals surface area contributed by atoms with Crippen molar-refractivity contribution in [3.05, 3.63) is 95.1 Å². The van der Waals surface area contributed by atoms with E-state index in [4.69, 9.17) is 0 Å². The number of aromatic nitrogens is 2. The molecule has 0 saturated heterocycles. The second-order valence-corrected chi connectivity index (χ2v) is 7.10. The minimum absolute atomic E-state index is 0.144. The lowest BCUT2D eigenvalue weighted by atomic mass is 10.1. The number of phenols is 1. The molecule has 4 rings (SSSR count). The van der Waals surface area contributed by atoms with Crippen LogP contribution in [-0.4, -0.2) is 20.8 Å². The molecular weight excluding hydrogens is 418 g/mol. The first-order chi connectivity index (χ1) is 13.6. The van der Waals surface area contributed by atoms with Gasteiger partial charge in [-0.2, -0.15) is 5.10 Å². The molecule has 0 aliphatic carbocycles. The fourth-order valence-electron chi connectivity index (χ4n) is 2.82. The van der Waals surface area contributed by atoms with Crippen molar-refractivity contribution in [2.45, 2.75) is 0 Å². The Kier molecular flexibility index (Phi) is 4.95. The van der Waals surface area contributed by atoms with E-state index in [1.807, 2.05) is 54.6 Å². The number of phenolic OH excluding ortho intramolecular Hbond substituents is 1. The maximum Gasteiger partial charge on any atom is 0.259 e. The van der Waals surface area contributed by atoms with E-state index in [0.717, 1.165) is 15.7 Å². The predicted octanol–water partition coefficient (Wildman–Crippen LogP) is 5.26. The molecule has 0 spiro atoms. The summed E-state index contributed by atoms with van der Waals surface area (Å²) in [6.45, 7) is 0. The Hall–Kier alpha value is -3.38. The lowest BCUT2D eigenvalue weighted by Crippen LogP contribution is -2.12. The van der Waals surface area contributed by atoms with Crippen LogP contribution in [0.15, 0.2) is 89.5 Å². The van der Waals surface area contributed by atoms with Crippen LogP contribution in [0.1, 0.15) is 10.4 Å². The van der Waals surface area contributed by atoms with E-state index in [0.29, 0.717) is 16.9 Å². The molecule has 5 nitrogen and oxygen atoms in total. The zero-order valence-corrected chi connectivity index (χ0v) is 16.3. The first-order valence-electron chi connectivity index (χ1n) is 8.61. The van der Waals surface area contributed by atoms with Crippen molar-refractivity contribution in [2.24, 2.45) is 0 Å². The van der Waals surface area contributed by atoms with Gasteiger partial charge in [0.15, 0.2) is 0 Å². The van der Waals surface area contributed by atoms with Crippen molar-refractivity contribution in [3.8, 4) is 22.7 Å². The highest BCUT2D eigenvalue weighted by Crippen LogP contribution is 2.26. The highest BCUT2D eigenvalue weighted by atomic mass is 79.9. The molecule has 28 heavy (non-hydrogen) atoms. The van der Waals surface area contributed by atoms with Gasteiger partial charge in [-0.3, -0.25) is 4.79 Å². The number of carbonyl (C=O) groups excluding carboxylic acids is 1. The third kappa shape index (κ3) is 3.82. The number of amides is 1. The Morgan fingerprint density at radius 3 is 2.29 bits per heavy atom. The number of nitrogens with one attached hydrogen (secondary N) is 1. The Balaban J connectivity index is 1.75. The van der Waals surface area contributed by atoms with Crippen LogP contribution in [-0.2, 0) is 0 Å². The monoisotopic (exact) mass is 433 g/mol. The van der Waals surface area contributed by atoms with Crippen molar-refractivity contribution in [2.75, 3.05) is 5.32 Å². The molecular formula is C22H16BrN3O2. The lowest BCUT2D eigenvalue weighted by Gasteiger charge is -2.06.